The molecule has 0 amide bonds. The number of aliphatic hydroxyl groups excluding tert-OH is 4. The molecule has 4 atom stereocenters. The van der Waals surface area contributed by atoms with Gasteiger partial charge in [-0.25, -0.2) is 0 Å². The highest BCUT2D eigenvalue weighted by atomic mass is 16.4. The van der Waals surface area contributed by atoms with Crippen molar-refractivity contribution in [2.45, 2.75) is 57.0 Å². The number of hydrogen-bond donors (Lipinski definition) is 6. The molecule has 0 unspecified atom stereocenters. The zero-order valence-corrected chi connectivity index (χ0v) is 18.7. The van der Waals surface area contributed by atoms with E-state index < -0.39 is 24.4 Å². The molecule has 2 saturated heterocycles. The first-order chi connectivity index (χ1) is 15.0. The van der Waals surface area contributed by atoms with Crippen molar-refractivity contribution < 1.29 is 20.4 Å². The topological polar surface area (TPSA) is 111 Å². The maximum absolute atomic E-state index is 10.1. The summed E-state index contributed by atoms with van der Waals surface area (Å²) in [6.45, 7) is 7.99. The van der Waals surface area contributed by atoms with E-state index in [-0.39, 0.29) is 13.2 Å². The van der Waals surface area contributed by atoms with Crippen LogP contribution >= 0.6 is 0 Å². The number of nitrogens with one attached hydrogen (secondary N) is 2. The molecule has 6 N–H and O–H groups in total. The summed E-state index contributed by atoms with van der Waals surface area (Å²) in [4.78, 5) is 4.32. The van der Waals surface area contributed by atoms with Crippen LogP contribution in [-0.4, -0.2) is 102 Å². The van der Waals surface area contributed by atoms with Crippen LogP contribution in [0.1, 0.15) is 31.2 Å². The third-order valence-electron chi connectivity index (χ3n) is 6.61. The van der Waals surface area contributed by atoms with Crippen molar-refractivity contribution in [3.8, 4) is 0 Å². The fourth-order valence-corrected chi connectivity index (χ4v) is 4.57. The van der Waals surface area contributed by atoms with Gasteiger partial charge in [-0.05, 0) is 44.0 Å². The van der Waals surface area contributed by atoms with E-state index in [1.54, 1.807) is 0 Å². The Hall–Kier alpha value is -1.42. The Bertz CT molecular complexity index is 671. The number of unbranched alkanes of at least 4 members (excludes halogenated alkanes) is 3. The summed E-state index contributed by atoms with van der Waals surface area (Å²) < 4.78 is 0. The normalized spacial score (nSPS) is 27.5. The summed E-state index contributed by atoms with van der Waals surface area (Å²) in [6.07, 6.45) is 0.877. The molecule has 0 radical (unpaired) electrons. The number of piperazine rings is 1. The molecule has 0 bridgehead atoms. The Morgan fingerprint density at radius 1 is 1.03 bits per heavy atom. The lowest BCUT2D eigenvalue weighted by atomic mass is 9.94. The lowest BCUT2D eigenvalue weighted by Crippen LogP contribution is -2.62. The van der Waals surface area contributed by atoms with Crippen molar-refractivity contribution in [1.29, 1.82) is 0 Å². The fraction of sp³-hybridized carbons (Fsp3) is 0.739. The first kappa shape index (κ1) is 24.2. The van der Waals surface area contributed by atoms with Gasteiger partial charge in [0.1, 0.15) is 12.2 Å². The van der Waals surface area contributed by atoms with Gasteiger partial charge in [-0.15, -0.1) is 0 Å². The molecule has 0 aromatic heterocycles. The van der Waals surface area contributed by atoms with E-state index >= 15 is 0 Å². The molecule has 176 valence electrons. The Labute approximate surface area is 185 Å². The summed E-state index contributed by atoms with van der Waals surface area (Å²) in [5.74, 6) is 0. The summed E-state index contributed by atoms with van der Waals surface area (Å²) in [5, 5.41) is 46.2. The van der Waals surface area contributed by atoms with Crippen molar-refractivity contribution in [3.05, 3.63) is 23.8 Å². The van der Waals surface area contributed by atoms with Crippen LogP contribution in [0.2, 0.25) is 0 Å². The number of β-amino-alcohol motifs (C(OH)–C–C–N with tert-alkyl or cyclic N) is 1. The van der Waals surface area contributed by atoms with Gasteiger partial charge in [0.15, 0.2) is 0 Å². The van der Waals surface area contributed by atoms with Crippen molar-refractivity contribution in [1.82, 2.24) is 10.2 Å². The molecule has 0 spiro atoms. The van der Waals surface area contributed by atoms with Crippen LogP contribution in [0.5, 0.6) is 0 Å². The number of hydrogen-bond acceptors (Lipinski definition) is 8. The number of nitrogens with zero attached hydrogens (tertiary/aromatic N) is 2. The van der Waals surface area contributed by atoms with Crippen LogP contribution in [0.3, 0.4) is 0 Å². The Balaban J connectivity index is 1.35. The standard InChI is InChI=1S/C23H40N4O4/c1-17-6-7-18(26-12-9-24-10-13-26)14-19(17)25-8-4-2-3-5-11-27-15-21(29)23(31)22(30)20(27)16-28/h6-7,14,20-25,28-31H,2-5,8-13,15-16H2,1H3/t20-,21+,22-,23-/m1/s1. The van der Waals surface area contributed by atoms with Crippen molar-refractivity contribution in [2.24, 2.45) is 0 Å². The SMILES string of the molecule is Cc1ccc(N2CCNCC2)cc1NCCCCCCN1C[C@H](O)[C@@H](O)[C@H](O)[C@H]1CO. The number of rotatable bonds is 10. The van der Waals surface area contributed by atoms with Crippen LogP contribution in [-0.2, 0) is 0 Å². The second-order valence-corrected chi connectivity index (χ2v) is 8.87. The van der Waals surface area contributed by atoms with Crippen LogP contribution in [0.15, 0.2) is 18.2 Å². The lowest BCUT2D eigenvalue weighted by molar-refractivity contribution is -0.145. The lowest BCUT2D eigenvalue weighted by Gasteiger charge is -2.43. The third kappa shape index (κ3) is 6.54. The number of benzene rings is 1. The van der Waals surface area contributed by atoms with Crippen LogP contribution in [0, 0.1) is 6.92 Å². The van der Waals surface area contributed by atoms with E-state index in [0.29, 0.717) is 6.54 Å². The first-order valence-corrected chi connectivity index (χ1v) is 11.7. The molecule has 2 aliphatic rings. The van der Waals surface area contributed by atoms with E-state index in [9.17, 15) is 20.4 Å². The minimum atomic E-state index is -1.19. The van der Waals surface area contributed by atoms with Gasteiger partial charge in [0.2, 0.25) is 0 Å². The second kappa shape index (κ2) is 12.0. The van der Waals surface area contributed by atoms with E-state index in [2.05, 4.69) is 40.7 Å². The van der Waals surface area contributed by atoms with Gasteiger partial charge >= 0.3 is 0 Å². The second-order valence-electron chi connectivity index (χ2n) is 8.87. The van der Waals surface area contributed by atoms with Gasteiger partial charge in [0.25, 0.3) is 0 Å². The molecule has 8 nitrogen and oxygen atoms in total. The molecule has 3 rings (SSSR count). The predicted molar refractivity (Wildman–Crippen MR) is 124 cm³/mol. The van der Waals surface area contributed by atoms with Gasteiger partial charge in [-0.3, -0.25) is 4.90 Å². The van der Waals surface area contributed by atoms with Crippen LogP contribution in [0.4, 0.5) is 11.4 Å². The Morgan fingerprint density at radius 2 is 1.77 bits per heavy atom. The molecular weight excluding hydrogens is 396 g/mol. The maximum Gasteiger partial charge on any atom is 0.109 e. The molecule has 8 heteroatoms. The summed E-state index contributed by atoms with van der Waals surface area (Å²) in [6, 6.07) is 6.15. The molecule has 2 heterocycles. The quantitative estimate of drug-likeness (QED) is 0.287. The highest BCUT2D eigenvalue weighted by Crippen LogP contribution is 2.24. The van der Waals surface area contributed by atoms with Gasteiger partial charge in [-0.2, -0.15) is 0 Å². The minimum Gasteiger partial charge on any atom is -0.395 e. The van der Waals surface area contributed by atoms with Crippen LogP contribution < -0.4 is 15.5 Å². The van der Waals surface area contributed by atoms with Crippen molar-refractivity contribution >= 4 is 11.4 Å². The summed E-state index contributed by atoms with van der Waals surface area (Å²) in [5.41, 5.74) is 3.75. The van der Waals surface area contributed by atoms with Gasteiger partial charge in [0.05, 0.1) is 18.8 Å². The largest absolute Gasteiger partial charge is 0.395 e. The van der Waals surface area contributed by atoms with Crippen LogP contribution in [0.25, 0.3) is 0 Å². The van der Waals surface area contributed by atoms with Gasteiger partial charge < -0.3 is 36.0 Å². The fourth-order valence-electron chi connectivity index (χ4n) is 4.57. The minimum absolute atomic E-state index is 0.221. The number of anilines is 2. The van der Waals surface area contributed by atoms with E-state index in [4.69, 9.17) is 0 Å². The molecule has 0 saturated carbocycles. The number of aryl methyl sites for hydroxylation is 1. The molecular formula is C23H40N4O4. The van der Waals surface area contributed by atoms with Gasteiger partial charge in [0, 0.05) is 50.6 Å². The zero-order valence-electron chi connectivity index (χ0n) is 18.7. The average Bonchev–Trinajstić information content (AvgIpc) is 2.78. The van der Waals surface area contributed by atoms with Crippen molar-refractivity contribution in [2.75, 3.05) is 62.6 Å². The molecule has 1 aromatic carbocycles. The highest BCUT2D eigenvalue weighted by molar-refractivity contribution is 5.62. The smallest absolute Gasteiger partial charge is 0.109 e. The van der Waals surface area contributed by atoms with E-state index in [1.807, 2.05) is 4.90 Å². The molecule has 2 fully saturated rings. The average molecular weight is 437 g/mol. The zero-order chi connectivity index (χ0) is 22.2. The summed E-state index contributed by atoms with van der Waals surface area (Å²) in [7, 11) is 0. The molecule has 1 aromatic rings. The molecule has 2 aliphatic heterocycles. The van der Waals surface area contributed by atoms with E-state index in [0.717, 1.165) is 58.4 Å². The number of aliphatic hydroxyl groups is 4. The maximum atomic E-state index is 10.1. The highest BCUT2D eigenvalue weighted by Gasteiger charge is 2.40. The molecule has 31 heavy (non-hydrogen) atoms. The van der Waals surface area contributed by atoms with E-state index in [1.165, 1.54) is 16.9 Å². The third-order valence-corrected chi connectivity index (χ3v) is 6.61. The summed E-state index contributed by atoms with van der Waals surface area (Å²) >= 11 is 0. The number of likely N-dealkylation sites (tertiary alicyclic amines) is 1. The Morgan fingerprint density at radius 3 is 2.52 bits per heavy atom. The Kier molecular flexibility index (Phi) is 9.37. The predicted octanol–water partition coefficient (Wildman–Crippen LogP) is 0.136. The number of piperidine rings is 1. The monoisotopic (exact) mass is 436 g/mol. The first-order valence-electron chi connectivity index (χ1n) is 11.7. The molecule has 0 aliphatic carbocycles. The van der Waals surface area contributed by atoms with Crippen molar-refractivity contribution in [3.63, 3.8) is 0 Å². The van der Waals surface area contributed by atoms with Gasteiger partial charge in [-0.1, -0.05) is 18.9 Å².